The van der Waals surface area contributed by atoms with E-state index in [2.05, 4.69) is 5.43 Å². The van der Waals surface area contributed by atoms with Crippen LogP contribution in [0.2, 0.25) is 0 Å². The number of nitrogens with zero attached hydrogens (tertiary/aromatic N) is 1. The molecule has 0 aromatic heterocycles. The lowest BCUT2D eigenvalue weighted by Crippen LogP contribution is -2.47. The van der Waals surface area contributed by atoms with Gasteiger partial charge in [0.2, 0.25) is 0 Å². The number of ether oxygens (including phenoxy) is 1. The molecule has 0 spiro atoms. The predicted octanol–water partition coefficient (Wildman–Crippen LogP) is 1.58. The van der Waals surface area contributed by atoms with Crippen molar-refractivity contribution in [3.8, 4) is 0 Å². The van der Waals surface area contributed by atoms with E-state index in [1.807, 2.05) is 5.01 Å². The Morgan fingerprint density at radius 1 is 1.20 bits per heavy atom. The van der Waals surface area contributed by atoms with Crippen molar-refractivity contribution in [3.63, 3.8) is 0 Å². The monoisotopic (exact) mass is 290 g/mol. The number of morpholine rings is 1. The molecule has 1 saturated heterocycles. The average molecular weight is 290 g/mol. The van der Waals surface area contributed by atoms with E-state index < -0.39 is 17.8 Å². The summed E-state index contributed by atoms with van der Waals surface area (Å²) in [5.41, 5.74) is 2.79. The summed E-state index contributed by atoms with van der Waals surface area (Å²) in [6, 6.07) is 4.56. The first-order valence-electron chi connectivity index (χ1n) is 6.38. The molecule has 1 aliphatic rings. The van der Waals surface area contributed by atoms with E-state index in [0.717, 1.165) is 25.2 Å². The van der Waals surface area contributed by atoms with Gasteiger partial charge < -0.3 is 9.84 Å². The van der Waals surface area contributed by atoms with Gasteiger partial charge in [-0.15, -0.1) is 0 Å². The van der Waals surface area contributed by atoms with E-state index >= 15 is 0 Å². The van der Waals surface area contributed by atoms with E-state index in [9.17, 15) is 18.3 Å². The molecule has 1 heterocycles. The molecule has 2 rings (SSSR count). The smallest absolute Gasteiger partial charge is 0.387 e. The molecule has 1 aromatic carbocycles. The minimum Gasteiger partial charge on any atom is -0.387 e. The van der Waals surface area contributed by atoms with Gasteiger partial charge in [0.25, 0.3) is 0 Å². The zero-order valence-electron chi connectivity index (χ0n) is 10.9. The molecule has 0 amide bonds. The normalized spacial score (nSPS) is 19.0. The van der Waals surface area contributed by atoms with Gasteiger partial charge in [-0.3, -0.25) is 5.43 Å². The second-order valence-electron chi connectivity index (χ2n) is 4.60. The third-order valence-electron chi connectivity index (χ3n) is 3.14. The molecule has 1 atom stereocenters. The Kier molecular flexibility index (Phi) is 4.98. The zero-order chi connectivity index (χ0) is 14.6. The number of hydrazine groups is 1. The highest BCUT2D eigenvalue weighted by Gasteiger charge is 2.30. The molecule has 0 radical (unpaired) electrons. The van der Waals surface area contributed by atoms with Crippen LogP contribution in [0.3, 0.4) is 0 Å². The number of hydrogen-bond donors (Lipinski definition) is 2. The molecule has 7 heteroatoms. The number of rotatable bonds is 4. The number of hydrogen-bond acceptors (Lipinski definition) is 4. The predicted molar refractivity (Wildman–Crippen MR) is 66.8 cm³/mol. The highest BCUT2D eigenvalue weighted by Crippen LogP contribution is 2.29. The third kappa shape index (κ3) is 4.17. The molecule has 20 heavy (non-hydrogen) atoms. The summed E-state index contributed by atoms with van der Waals surface area (Å²) in [7, 11) is 0. The van der Waals surface area contributed by atoms with Crippen molar-refractivity contribution in [2.24, 2.45) is 0 Å². The number of aliphatic hydroxyl groups excluding tert-OH is 1. The van der Waals surface area contributed by atoms with E-state index in [1.165, 1.54) is 12.1 Å². The molecule has 4 nitrogen and oxygen atoms in total. The average Bonchev–Trinajstić information content (AvgIpc) is 2.45. The van der Waals surface area contributed by atoms with Crippen LogP contribution in [0.1, 0.15) is 17.2 Å². The molecule has 1 fully saturated rings. The molecular weight excluding hydrogens is 273 g/mol. The van der Waals surface area contributed by atoms with Crippen molar-refractivity contribution in [1.82, 2.24) is 10.4 Å². The summed E-state index contributed by atoms with van der Waals surface area (Å²) in [5, 5.41) is 11.9. The van der Waals surface area contributed by atoms with Crippen LogP contribution in [0.25, 0.3) is 0 Å². The van der Waals surface area contributed by atoms with E-state index in [-0.39, 0.29) is 6.54 Å². The van der Waals surface area contributed by atoms with E-state index in [4.69, 9.17) is 4.74 Å². The molecule has 1 unspecified atom stereocenters. The Bertz CT molecular complexity index is 417. The van der Waals surface area contributed by atoms with Gasteiger partial charge >= 0.3 is 6.18 Å². The molecule has 112 valence electrons. The quantitative estimate of drug-likeness (QED) is 0.883. The first-order valence-corrected chi connectivity index (χ1v) is 6.38. The second kappa shape index (κ2) is 6.53. The number of alkyl halides is 3. The molecular formula is C13H17F3N2O2. The van der Waals surface area contributed by atoms with Crippen molar-refractivity contribution < 1.29 is 23.0 Å². The fourth-order valence-electron chi connectivity index (χ4n) is 1.95. The summed E-state index contributed by atoms with van der Waals surface area (Å²) in [4.78, 5) is 0. The van der Waals surface area contributed by atoms with Crippen molar-refractivity contribution in [3.05, 3.63) is 35.4 Å². The summed E-state index contributed by atoms with van der Waals surface area (Å²) in [6.07, 6.45) is -5.20. The van der Waals surface area contributed by atoms with E-state index in [0.29, 0.717) is 18.8 Å². The SMILES string of the molecule is OC(CNN1CCOCC1)c1ccc(C(F)(F)F)cc1. The largest absolute Gasteiger partial charge is 0.416 e. The second-order valence-corrected chi connectivity index (χ2v) is 4.60. The van der Waals surface area contributed by atoms with Crippen LogP contribution >= 0.6 is 0 Å². The topological polar surface area (TPSA) is 44.7 Å². The van der Waals surface area contributed by atoms with Gasteiger partial charge in [0.15, 0.2) is 0 Å². The highest BCUT2D eigenvalue weighted by atomic mass is 19.4. The van der Waals surface area contributed by atoms with Gasteiger partial charge in [0.1, 0.15) is 0 Å². The Hall–Kier alpha value is -1.15. The van der Waals surface area contributed by atoms with Gasteiger partial charge in [-0.1, -0.05) is 12.1 Å². The lowest BCUT2D eigenvalue weighted by molar-refractivity contribution is -0.137. The van der Waals surface area contributed by atoms with Crippen LogP contribution in [-0.2, 0) is 10.9 Å². The molecule has 0 saturated carbocycles. The number of benzene rings is 1. The lowest BCUT2D eigenvalue weighted by atomic mass is 10.1. The Morgan fingerprint density at radius 3 is 2.35 bits per heavy atom. The summed E-state index contributed by atoms with van der Waals surface area (Å²) in [6.45, 7) is 2.96. The van der Waals surface area contributed by atoms with Gasteiger partial charge in [-0.05, 0) is 17.7 Å². The van der Waals surface area contributed by atoms with Crippen LogP contribution in [0, 0.1) is 0 Å². The maximum absolute atomic E-state index is 12.4. The first kappa shape index (κ1) is 15.2. The zero-order valence-corrected chi connectivity index (χ0v) is 10.9. The Morgan fingerprint density at radius 2 is 1.80 bits per heavy atom. The van der Waals surface area contributed by atoms with Crippen molar-refractivity contribution in [1.29, 1.82) is 0 Å². The molecule has 0 aliphatic carbocycles. The maximum atomic E-state index is 12.4. The van der Waals surface area contributed by atoms with Gasteiger partial charge in [-0.25, -0.2) is 5.01 Å². The van der Waals surface area contributed by atoms with Gasteiger partial charge in [-0.2, -0.15) is 13.2 Å². The molecule has 0 bridgehead atoms. The highest BCUT2D eigenvalue weighted by molar-refractivity contribution is 5.26. The van der Waals surface area contributed by atoms with Gasteiger partial charge in [0.05, 0.1) is 24.9 Å². The van der Waals surface area contributed by atoms with E-state index in [1.54, 1.807) is 0 Å². The molecule has 1 aromatic rings. The van der Waals surface area contributed by atoms with Crippen molar-refractivity contribution in [2.45, 2.75) is 12.3 Å². The minimum absolute atomic E-state index is 0.255. The standard InChI is InChI=1S/C13H17F3N2O2/c14-13(15,16)11-3-1-10(2-4-11)12(19)9-17-18-5-7-20-8-6-18/h1-4,12,17,19H,5-9H2. The summed E-state index contributed by atoms with van der Waals surface area (Å²) >= 11 is 0. The summed E-state index contributed by atoms with van der Waals surface area (Å²) in [5.74, 6) is 0. The number of halogens is 3. The fraction of sp³-hybridized carbons (Fsp3) is 0.538. The third-order valence-corrected chi connectivity index (χ3v) is 3.14. The fourth-order valence-corrected chi connectivity index (χ4v) is 1.95. The van der Waals surface area contributed by atoms with Crippen LogP contribution in [0.4, 0.5) is 13.2 Å². The van der Waals surface area contributed by atoms with Crippen LogP contribution in [-0.4, -0.2) is 43.0 Å². The van der Waals surface area contributed by atoms with Gasteiger partial charge in [0, 0.05) is 19.6 Å². The van der Waals surface area contributed by atoms with Crippen LogP contribution < -0.4 is 5.43 Å². The molecule has 1 aliphatic heterocycles. The Balaban J connectivity index is 1.87. The summed E-state index contributed by atoms with van der Waals surface area (Å²) < 4.78 is 42.4. The lowest BCUT2D eigenvalue weighted by Gasteiger charge is -2.28. The minimum atomic E-state index is -4.35. The first-order chi connectivity index (χ1) is 9.47. The van der Waals surface area contributed by atoms with Crippen LogP contribution in [0.5, 0.6) is 0 Å². The maximum Gasteiger partial charge on any atom is 0.416 e. The van der Waals surface area contributed by atoms with Crippen molar-refractivity contribution in [2.75, 3.05) is 32.8 Å². The van der Waals surface area contributed by atoms with Crippen molar-refractivity contribution >= 4 is 0 Å². The number of aliphatic hydroxyl groups is 1. The molecule has 2 N–H and O–H groups in total. The van der Waals surface area contributed by atoms with Crippen LogP contribution in [0.15, 0.2) is 24.3 Å². The Labute approximate surface area is 115 Å². The number of nitrogens with one attached hydrogen (secondary N) is 1.